The van der Waals surface area contributed by atoms with Gasteiger partial charge < -0.3 is 10.2 Å². The van der Waals surface area contributed by atoms with Gasteiger partial charge in [0.2, 0.25) is 0 Å². The molecule has 2 atom stereocenters. The molecule has 0 aromatic rings. The van der Waals surface area contributed by atoms with Crippen LogP contribution in [0.15, 0.2) is 0 Å². The lowest BCUT2D eigenvalue weighted by Crippen LogP contribution is -2.04. The fraction of sp³-hybridized carbons (Fsp3) is 1.00. The Morgan fingerprint density at radius 3 is 2.12 bits per heavy atom. The third kappa shape index (κ3) is 4.43. The van der Waals surface area contributed by atoms with Crippen molar-refractivity contribution in [2.24, 2.45) is 0 Å². The van der Waals surface area contributed by atoms with Gasteiger partial charge in [0.1, 0.15) is 5.44 Å². The largest absolute Gasteiger partial charge is 0.383 e. The highest BCUT2D eigenvalue weighted by Crippen LogP contribution is 2.14. The molecule has 0 spiro atoms. The minimum absolute atomic E-state index is 0.407. The zero-order valence-corrected chi connectivity index (χ0v) is 5.98. The Morgan fingerprint density at radius 2 is 2.00 bits per heavy atom. The van der Waals surface area contributed by atoms with Gasteiger partial charge >= 0.3 is 0 Å². The van der Waals surface area contributed by atoms with Gasteiger partial charge in [0.25, 0.3) is 0 Å². The van der Waals surface area contributed by atoms with E-state index in [1.807, 2.05) is 6.92 Å². The molecule has 0 saturated heterocycles. The lowest BCUT2D eigenvalue weighted by molar-refractivity contribution is 0.241. The van der Waals surface area contributed by atoms with E-state index in [2.05, 4.69) is 0 Å². The average Bonchev–Trinajstić information content (AvgIpc) is 1.65. The maximum Gasteiger partial charge on any atom is 0.101 e. The van der Waals surface area contributed by atoms with Crippen molar-refractivity contribution < 1.29 is 10.2 Å². The topological polar surface area (TPSA) is 40.5 Å². The first-order valence-corrected chi connectivity index (χ1v) is 3.62. The summed E-state index contributed by atoms with van der Waals surface area (Å²) in [5.41, 5.74) is -0.861. The summed E-state index contributed by atoms with van der Waals surface area (Å²) in [6, 6.07) is 0. The molecule has 0 unspecified atom stereocenters. The third-order valence-corrected chi connectivity index (χ3v) is 1.74. The highest BCUT2D eigenvalue weighted by molar-refractivity contribution is 8.00. The summed E-state index contributed by atoms with van der Waals surface area (Å²) in [4.78, 5) is 0. The first kappa shape index (κ1) is 8.27. The molecule has 3 heteroatoms. The zero-order valence-electron chi connectivity index (χ0n) is 5.16. The van der Waals surface area contributed by atoms with E-state index in [4.69, 9.17) is 10.2 Å². The molecule has 0 saturated carbocycles. The maximum absolute atomic E-state index is 8.83. The van der Waals surface area contributed by atoms with Crippen molar-refractivity contribution in [1.82, 2.24) is 0 Å². The molecule has 0 aliphatic carbocycles. The molecule has 2 N–H and O–H groups in total. The molecule has 0 aliphatic rings. The lowest BCUT2D eigenvalue weighted by atomic mass is 10.5. The van der Waals surface area contributed by atoms with Crippen LogP contribution in [0.25, 0.3) is 0 Å². The molecular weight excluding hydrogens is 124 g/mol. The Bertz CT molecular complexity index is 56.4. The van der Waals surface area contributed by atoms with Crippen molar-refractivity contribution in [2.45, 2.75) is 31.1 Å². The molecule has 8 heavy (non-hydrogen) atoms. The van der Waals surface area contributed by atoms with Crippen LogP contribution in [0.4, 0.5) is 0 Å². The van der Waals surface area contributed by atoms with Gasteiger partial charge in [0.05, 0.1) is 5.44 Å². The molecule has 0 rings (SSSR count). The fourth-order valence-electron chi connectivity index (χ4n) is 0.324. The Labute approximate surface area is 53.9 Å². The van der Waals surface area contributed by atoms with Crippen LogP contribution < -0.4 is 0 Å². The van der Waals surface area contributed by atoms with Gasteiger partial charge in [-0.05, 0) is 13.3 Å². The molecule has 0 aromatic heterocycles. The molecule has 0 fully saturated rings. The number of thioether (sulfide) groups is 1. The smallest absolute Gasteiger partial charge is 0.101 e. The molecule has 2 nitrogen and oxygen atoms in total. The van der Waals surface area contributed by atoms with Crippen LogP contribution in [0.2, 0.25) is 0 Å². The van der Waals surface area contributed by atoms with Crippen LogP contribution in [0.1, 0.15) is 20.3 Å². The third-order valence-electron chi connectivity index (χ3n) is 0.703. The summed E-state index contributed by atoms with van der Waals surface area (Å²) in [5.74, 6) is 0. The number of hydrogen-bond donors (Lipinski definition) is 2. The standard InChI is InChI=1S/C5H12O2S/c1-3-5(7)8-4(2)6/h4-7H,3H2,1-2H3/t4-,5+/m0/s1. The summed E-state index contributed by atoms with van der Waals surface area (Å²) in [5, 5.41) is 17.5. The van der Waals surface area contributed by atoms with Gasteiger partial charge in [-0.1, -0.05) is 18.7 Å². The van der Waals surface area contributed by atoms with Crippen molar-refractivity contribution in [2.75, 3.05) is 0 Å². The average molecular weight is 136 g/mol. The number of aliphatic hydroxyl groups is 2. The molecule has 50 valence electrons. The number of aliphatic hydroxyl groups excluding tert-OH is 2. The van der Waals surface area contributed by atoms with Crippen LogP contribution in [0, 0.1) is 0 Å². The Balaban J connectivity index is 3.10. The number of rotatable bonds is 3. The first-order chi connectivity index (χ1) is 3.66. The van der Waals surface area contributed by atoms with E-state index in [0.29, 0.717) is 6.42 Å². The second-order valence-corrected chi connectivity index (χ2v) is 3.10. The van der Waals surface area contributed by atoms with E-state index in [1.54, 1.807) is 6.92 Å². The van der Waals surface area contributed by atoms with Crippen molar-refractivity contribution in [3.63, 3.8) is 0 Å². The second kappa shape index (κ2) is 4.18. The quantitative estimate of drug-likeness (QED) is 0.563. The van der Waals surface area contributed by atoms with Gasteiger partial charge in [0, 0.05) is 0 Å². The Hall–Kier alpha value is 0.270. The molecule has 0 bridgehead atoms. The summed E-state index contributed by atoms with van der Waals surface area (Å²) in [7, 11) is 0. The Kier molecular flexibility index (Phi) is 4.32. The molecular formula is C5H12O2S. The minimum atomic E-state index is -0.454. The summed E-state index contributed by atoms with van der Waals surface area (Å²) < 4.78 is 0. The van der Waals surface area contributed by atoms with Crippen molar-refractivity contribution in [1.29, 1.82) is 0 Å². The molecule has 0 amide bonds. The minimum Gasteiger partial charge on any atom is -0.383 e. The van der Waals surface area contributed by atoms with Gasteiger partial charge in [-0.25, -0.2) is 0 Å². The maximum atomic E-state index is 8.83. The molecule has 0 radical (unpaired) electrons. The summed E-state index contributed by atoms with van der Waals surface area (Å²) in [6.07, 6.45) is 0.690. The van der Waals surface area contributed by atoms with E-state index in [9.17, 15) is 0 Å². The summed E-state index contributed by atoms with van der Waals surface area (Å²) in [6.45, 7) is 3.52. The van der Waals surface area contributed by atoms with E-state index in [-0.39, 0.29) is 0 Å². The van der Waals surface area contributed by atoms with Crippen LogP contribution in [0.3, 0.4) is 0 Å². The van der Waals surface area contributed by atoms with Gasteiger partial charge in [-0.15, -0.1) is 0 Å². The monoisotopic (exact) mass is 136 g/mol. The molecule has 0 aliphatic heterocycles. The molecule has 0 heterocycles. The van der Waals surface area contributed by atoms with E-state index in [0.717, 1.165) is 0 Å². The molecule has 0 aromatic carbocycles. The normalized spacial score (nSPS) is 18.0. The highest BCUT2D eigenvalue weighted by Gasteiger charge is 2.03. The highest BCUT2D eigenvalue weighted by atomic mass is 32.2. The van der Waals surface area contributed by atoms with Gasteiger partial charge in [-0.2, -0.15) is 0 Å². The van der Waals surface area contributed by atoms with Crippen LogP contribution in [-0.4, -0.2) is 21.1 Å². The van der Waals surface area contributed by atoms with E-state index < -0.39 is 10.9 Å². The predicted octanol–water partition coefficient (Wildman–Crippen LogP) is 0.786. The van der Waals surface area contributed by atoms with Crippen molar-refractivity contribution >= 4 is 11.8 Å². The van der Waals surface area contributed by atoms with Crippen molar-refractivity contribution in [3.8, 4) is 0 Å². The van der Waals surface area contributed by atoms with Crippen molar-refractivity contribution in [3.05, 3.63) is 0 Å². The lowest BCUT2D eigenvalue weighted by Gasteiger charge is -2.07. The fourth-order valence-corrected chi connectivity index (χ4v) is 0.971. The van der Waals surface area contributed by atoms with Gasteiger partial charge in [-0.3, -0.25) is 0 Å². The van der Waals surface area contributed by atoms with Gasteiger partial charge in [0.15, 0.2) is 0 Å². The van der Waals surface area contributed by atoms with Crippen LogP contribution in [-0.2, 0) is 0 Å². The predicted molar refractivity (Wildman–Crippen MR) is 35.6 cm³/mol. The SMILES string of the molecule is CC[C@H](O)S[C@@H](C)O. The number of hydrogen-bond acceptors (Lipinski definition) is 3. The van der Waals surface area contributed by atoms with Crippen LogP contribution in [0.5, 0.6) is 0 Å². The van der Waals surface area contributed by atoms with E-state index in [1.165, 1.54) is 11.8 Å². The summed E-state index contributed by atoms with van der Waals surface area (Å²) >= 11 is 1.17. The first-order valence-electron chi connectivity index (χ1n) is 2.68. The Morgan fingerprint density at radius 1 is 1.50 bits per heavy atom. The van der Waals surface area contributed by atoms with Crippen LogP contribution >= 0.6 is 11.8 Å². The van der Waals surface area contributed by atoms with E-state index >= 15 is 0 Å². The second-order valence-electron chi connectivity index (χ2n) is 1.60. The zero-order chi connectivity index (χ0) is 6.57.